The molecule has 0 fully saturated rings. The molecule has 0 amide bonds. The molecule has 0 atom stereocenters. The van der Waals surface area contributed by atoms with Crippen LogP contribution in [0.3, 0.4) is 0 Å². The Morgan fingerprint density at radius 2 is 2.00 bits per heavy atom. The van der Waals surface area contributed by atoms with Gasteiger partial charge in [-0.25, -0.2) is 0 Å². The maximum atomic E-state index is 6.35. The van der Waals surface area contributed by atoms with E-state index in [2.05, 4.69) is 22.9 Å². The van der Waals surface area contributed by atoms with Crippen molar-refractivity contribution >= 4 is 11.6 Å². The first-order valence-corrected chi connectivity index (χ1v) is 6.35. The second kappa shape index (κ2) is 4.21. The molecule has 3 heteroatoms. The zero-order valence-corrected chi connectivity index (χ0v) is 10.4. The van der Waals surface area contributed by atoms with Crippen LogP contribution in [0.15, 0.2) is 30.5 Å². The van der Waals surface area contributed by atoms with Crippen LogP contribution in [0, 0.1) is 0 Å². The van der Waals surface area contributed by atoms with Gasteiger partial charge in [0.25, 0.3) is 0 Å². The van der Waals surface area contributed by atoms with Gasteiger partial charge in [-0.3, -0.25) is 0 Å². The van der Waals surface area contributed by atoms with E-state index in [4.69, 9.17) is 17.3 Å². The molecule has 1 heterocycles. The van der Waals surface area contributed by atoms with Crippen LogP contribution in [0.4, 0.5) is 0 Å². The molecule has 0 aliphatic heterocycles. The first kappa shape index (κ1) is 10.9. The highest BCUT2D eigenvalue weighted by atomic mass is 35.5. The van der Waals surface area contributed by atoms with Crippen LogP contribution >= 0.6 is 11.6 Å². The molecule has 17 heavy (non-hydrogen) atoms. The fraction of sp³-hybridized carbons (Fsp3) is 0.286. The maximum absolute atomic E-state index is 6.35. The van der Waals surface area contributed by atoms with Gasteiger partial charge in [0.05, 0.1) is 10.7 Å². The smallest absolute Gasteiger partial charge is 0.0531 e. The zero-order chi connectivity index (χ0) is 11.8. The van der Waals surface area contributed by atoms with Crippen molar-refractivity contribution in [1.29, 1.82) is 0 Å². The minimum Gasteiger partial charge on any atom is -0.346 e. The SMILES string of the molecule is NCCn1ccc2c1-c1c(Cl)cccc1CC2. The third-order valence-corrected chi connectivity index (χ3v) is 3.73. The van der Waals surface area contributed by atoms with Gasteiger partial charge < -0.3 is 10.3 Å². The summed E-state index contributed by atoms with van der Waals surface area (Å²) >= 11 is 6.35. The maximum Gasteiger partial charge on any atom is 0.0531 e. The molecule has 0 unspecified atom stereocenters. The van der Waals surface area contributed by atoms with E-state index in [1.807, 2.05) is 12.1 Å². The Labute approximate surface area is 106 Å². The summed E-state index contributed by atoms with van der Waals surface area (Å²) in [6.45, 7) is 1.50. The van der Waals surface area contributed by atoms with Crippen LogP contribution in [0.1, 0.15) is 11.1 Å². The Bertz CT molecular complexity index is 557. The van der Waals surface area contributed by atoms with Gasteiger partial charge in [0.2, 0.25) is 0 Å². The first-order valence-electron chi connectivity index (χ1n) is 5.97. The number of fused-ring (bicyclic) bond motifs is 3. The molecule has 88 valence electrons. The van der Waals surface area contributed by atoms with E-state index >= 15 is 0 Å². The summed E-state index contributed by atoms with van der Waals surface area (Å²) in [5.74, 6) is 0. The lowest BCUT2D eigenvalue weighted by Crippen LogP contribution is -2.13. The Morgan fingerprint density at radius 3 is 2.82 bits per heavy atom. The summed E-state index contributed by atoms with van der Waals surface area (Å²) in [7, 11) is 0. The summed E-state index contributed by atoms with van der Waals surface area (Å²) in [5, 5.41) is 0.848. The molecule has 0 saturated carbocycles. The Morgan fingerprint density at radius 1 is 1.18 bits per heavy atom. The summed E-state index contributed by atoms with van der Waals surface area (Å²) in [6, 6.07) is 8.36. The average Bonchev–Trinajstić information content (AvgIpc) is 2.73. The van der Waals surface area contributed by atoms with Crippen molar-refractivity contribution in [3.8, 4) is 11.3 Å². The highest BCUT2D eigenvalue weighted by Gasteiger charge is 2.21. The number of halogens is 1. The van der Waals surface area contributed by atoms with Crippen molar-refractivity contribution in [2.45, 2.75) is 19.4 Å². The highest BCUT2D eigenvalue weighted by molar-refractivity contribution is 6.33. The number of aromatic nitrogens is 1. The molecule has 0 saturated heterocycles. The van der Waals surface area contributed by atoms with E-state index in [-0.39, 0.29) is 0 Å². The Hall–Kier alpha value is -1.25. The molecule has 1 aromatic heterocycles. The van der Waals surface area contributed by atoms with E-state index in [0.29, 0.717) is 6.54 Å². The second-order valence-electron chi connectivity index (χ2n) is 4.45. The predicted octanol–water partition coefficient (Wildman–Crippen LogP) is 2.87. The number of hydrogen-bond donors (Lipinski definition) is 1. The summed E-state index contributed by atoms with van der Waals surface area (Å²) in [4.78, 5) is 0. The third-order valence-electron chi connectivity index (χ3n) is 3.42. The number of nitrogens with zero attached hydrogens (tertiary/aromatic N) is 1. The molecular formula is C14H15ClN2. The number of rotatable bonds is 2. The van der Waals surface area contributed by atoms with Crippen molar-refractivity contribution in [1.82, 2.24) is 4.57 Å². The van der Waals surface area contributed by atoms with Gasteiger partial charge in [-0.1, -0.05) is 23.7 Å². The van der Waals surface area contributed by atoms with Crippen LogP contribution in [-0.4, -0.2) is 11.1 Å². The predicted molar refractivity (Wildman–Crippen MR) is 71.3 cm³/mol. The van der Waals surface area contributed by atoms with Crippen LogP contribution in [0.25, 0.3) is 11.3 Å². The van der Waals surface area contributed by atoms with Gasteiger partial charge in [-0.15, -0.1) is 0 Å². The Balaban J connectivity index is 2.23. The van der Waals surface area contributed by atoms with Crippen molar-refractivity contribution in [3.63, 3.8) is 0 Å². The number of nitrogens with two attached hydrogens (primary N) is 1. The van der Waals surface area contributed by atoms with Gasteiger partial charge in [-0.05, 0) is 36.1 Å². The largest absolute Gasteiger partial charge is 0.346 e. The van der Waals surface area contributed by atoms with Gasteiger partial charge in [-0.2, -0.15) is 0 Å². The molecule has 2 N–H and O–H groups in total. The highest BCUT2D eigenvalue weighted by Crippen LogP contribution is 2.38. The average molecular weight is 247 g/mol. The lowest BCUT2D eigenvalue weighted by Gasteiger charge is -2.20. The molecule has 2 nitrogen and oxygen atoms in total. The minimum atomic E-state index is 0.654. The molecule has 1 aromatic carbocycles. The molecule has 1 aliphatic carbocycles. The van der Waals surface area contributed by atoms with Crippen molar-refractivity contribution in [2.24, 2.45) is 5.73 Å². The standard InChI is InChI=1S/C14H15ClN2/c15-12-3-1-2-10-4-5-11-6-8-17(9-7-16)14(11)13(10)12/h1-3,6,8H,4-5,7,9,16H2. The summed E-state index contributed by atoms with van der Waals surface area (Å²) in [5.41, 5.74) is 10.9. The van der Waals surface area contributed by atoms with Gasteiger partial charge in [0, 0.05) is 24.8 Å². The van der Waals surface area contributed by atoms with Gasteiger partial charge in [0.15, 0.2) is 0 Å². The van der Waals surface area contributed by atoms with Gasteiger partial charge in [0.1, 0.15) is 0 Å². The lowest BCUT2D eigenvalue weighted by molar-refractivity contribution is 0.714. The zero-order valence-electron chi connectivity index (χ0n) is 9.62. The van der Waals surface area contributed by atoms with Gasteiger partial charge >= 0.3 is 0 Å². The molecule has 0 spiro atoms. The monoisotopic (exact) mass is 246 g/mol. The third kappa shape index (κ3) is 1.68. The minimum absolute atomic E-state index is 0.654. The summed E-state index contributed by atoms with van der Waals surface area (Å²) in [6.07, 6.45) is 4.30. The quantitative estimate of drug-likeness (QED) is 0.868. The Kier molecular flexibility index (Phi) is 2.69. The molecule has 0 radical (unpaired) electrons. The molecule has 1 aliphatic rings. The second-order valence-corrected chi connectivity index (χ2v) is 4.85. The van der Waals surface area contributed by atoms with E-state index in [1.54, 1.807) is 0 Å². The fourth-order valence-electron chi connectivity index (χ4n) is 2.66. The van der Waals surface area contributed by atoms with E-state index < -0.39 is 0 Å². The molecule has 3 rings (SSSR count). The fourth-order valence-corrected chi connectivity index (χ4v) is 2.94. The topological polar surface area (TPSA) is 30.9 Å². The summed E-state index contributed by atoms with van der Waals surface area (Å²) < 4.78 is 2.22. The number of hydrogen-bond acceptors (Lipinski definition) is 1. The van der Waals surface area contributed by atoms with Crippen LogP contribution in [0.2, 0.25) is 5.02 Å². The van der Waals surface area contributed by atoms with Crippen molar-refractivity contribution in [3.05, 3.63) is 46.6 Å². The van der Waals surface area contributed by atoms with Crippen molar-refractivity contribution in [2.75, 3.05) is 6.54 Å². The molecule has 2 aromatic rings. The normalized spacial score (nSPS) is 13.3. The van der Waals surface area contributed by atoms with Crippen molar-refractivity contribution < 1.29 is 0 Å². The van der Waals surface area contributed by atoms with Crippen LogP contribution in [0.5, 0.6) is 0 Å². The van der Waals surface area contributed by atoms with Crippen LogP contribution < -0.4 is 5.73 Å². The van der Waals surface area contributed by atoms with E-state index in [1.165, 1.54) is 22.4 Å². The number of aryl methyl sites for hydroxylation is 2. The lowest BCUT2D eigenvalue weighted by atomic mass is 9.90. The van der Waals surface area contributed by atoms with E-state index in [9.17, 15) is 0 Å². The van der Waals surface area contributed by atoms with E-state index in [0.717, 1.165) is 24.4 Å². The number of benzene rings is 1. The molecule has 0 bridgehead atoms. The molecular weight excluding hydrogens is 232 g/mol. The van der Waals surface area contributed by atoms with Crippen LogP contribution in [-0.2, 0) is 19.4 Å². The first-order chi connectivity index (χ1) is 8.31.